The van der Waals surface area contributed by atoms with Crippen LogP contribution in [-0.2, 0) is 9.53 Å². The second-order valence-corrected chi connectivity index (χ2v) is 6.79. The minimum atomic E-state index is -0.507. The summed E-state index contributed by atoms with van der Waals surface area (Å²) in [6.07, 6.45) is 0. The summed E-state index contributed by atoms with van der Waals surface area (Å²) in [4.78, 5) is 29.3. The maximum atomic E-state index is 12.5. The van der Waals surface area contributed by atoms with E-state index in [1.807, 2.05) is 16.3 Å². The molecule has 23 heavy (non-hydrogen) atoms. The first kappa shape index (κ1) is 17.9. The minimum Gasteiger partial charge on any atom is -0.383 e. The molecule has 2 amide bonds. The van der Waals surface area contributed by atoms with Crippen molar-refractivity contribution < 1.29 is 14.3 Å². The quantitative estimate of drug-likeness (QED) is 0.841. The Labute approximate surface area is 141 Å². The van der Waals surface area contributed by atoms with E-state index in [1.165, 1.54) is 11.3 Å². The van der Waals surface area contributed by atoms with E-state index in [4.69, 9.17) is 4.74 Å². The number of carbonyl (C=O) groups excluding carboxylic acids is 2. The van der Waals surface area contributed by atoms with Gasteiger partial charge in [0, 0.05) is 39.3 Å². The molecule has 0 spiro atoms. The highest BCUT2D eigenvalue weighted by atomic mass is 32.1. The lowest BCUT2D eigenvalue weighted by atomic mass is 10.2. The van der Waals surface area contributed by atoms with Crippen molar-refractivity contribution >= 4 is 23.2 Å². The molecule has 2 heterocycles. The van der Waals surface area contributed by atoms with Gasteiger partial charge in [-0.05, 0) is 25.3 Å². The zero-order valence-electron chi connectivity index (χ0n) is 13.9. The predicted molar refractivity (Wildman–Crippen MR) is 90.7 cm³/mol. The molecule has 0 aromatic carbocycles. The Bertz CT molecular complexity index is 513. The van der Waals surface area contributed by atoms with Gasteiger partial charge in [-0.2, -0.15) is 0 Å². The maximum absolute atomic E-state index is 12.5. The summed E-state index contributed by atoms with van der Waals surface area (Å²) in [5.41, 5.74) is 0. The first-order chi connectivity index (χ1) is 11.0. The predicted octanol–water partition coefficient (Wildman–Crippen LogP) is 1.05. The molecule has 1 saturated heterocycles. The highest BCUT2D eigenvalue weighted by molar-refractivity contribution is 7.12. The average Bonchev–Trinajstić information content (AvgIpc) is 3.09. The topological polar surface area (TPSA) is 61.9 Å². The van der Waals surface area contributed by atoms with E-state index >= 15 is 0 Å². The van der Waals surface area contributed by atoms with Crippen molar-refractivity contribution in [3.8, 4) is 0 Å². The van der Waals surface area contributed by atoms with Crippen LogP contribution in [0.1, 0.15) is 23.5 Å². The number of amides is 2. The van der Waals surface area contributed by atoms with Crippen molar-refractivity contribution in [3.63, 3.8) is 0 Å². The molecule has 1 fully saturated rings. The first-order valence-electron chi connectivity index (χ1n) is 7.89. The van der Waals surface area contributed by atoms with E-state index in [2.05, 4.69) is 17.1 Å². The van der Waals surface area contributed by atoms with Gasteiger partial charge >= 0.3 is 0 Å². The van der Waals surface area contributed by atoms with Crippen molar-refractivity contribution in [1.82, 2.24) is 15.1 Å². The number of carbonyl (C=O) groups is 2. The molecular formula is C16H25N3O3S. The third kappa shape index (κ3) is 4.76. The molecule has 2 rings (SSSR count). The summed E-state index contributed by atoms with van der Waals surface area (Å²) in [7, 11) is 1.70. The fourth-order valence-electron chi connectivity index (χ4n) is 2.74. The van der Waals surface area contributed by atoms with Crippen molar-refractivity contribution in [3.05, 3.63) is 22.4 Å². The Morgan fingerprint density at radius 1 is 1.30 bits per heavy atom. The number of ether oxygens (including phenoxy) is 1. The monoisotopic (exact) mass is 339 g/mol. The van der Waals surface area contributed by atoms with Crippen molar-refractivity contribution in [2.24, 2.45) is 0 Å². The maximum Gasteiger partial charge on any atom is 0.261 e. The average molecular weight is 339 g/mol. The summed E-state index contributed by atoms with van der Waals surface area (Å²) in [5.74, 6) is -0.206. The molecule has 1 N–H and O–H groups in total. The van der Waals surface area contributed by atoms with E-state index in [-0.39, 0.29) is 11.8 Å². The standard InChI is InChI=1S/C16H25N3O3S/c1-12(11-22-3)18-6-8-19(9-7-18)16(21)13(2)17-15(20)14-5-4-10-23-14/h4-5,10,12-13H,6-9,11H2,1-3H3,(H,17,20). The van der Waals surface area contributed by atoms with E-state index in [1.54, 1.807) is 20.1 Å². The molecule has 1 aromatic rings. The molecular weight excluding hydrogens is 314 g/mol. The lowest BCUT2D eigenvalue weighted by molar-refractivity contribution is -0.135. The van der Waals surface area contributed by atoms with Gasteiger partial charge in [-0.15, -0.1) is 11.3 Å². The van der Waals surface area contributed by atoms with Gasteiger partial charge in [0.05, 0.1) is 11.5 Å². The Kier molecular flexibility index (Phi) is 6.56. The van der Waals surface area contributed by atoms with Crippen LogP contribution in [0.5, 0.6) is 0 Å². The number of piperazine rings is 1. The zero-order valence-corrected chi connectivity index (χ0v) is 14.8. The summed E-state index contributed by atoms with van der Waals surface area (Å²) < 4.78 is 5.18. The third-order valence-electron chi connectivity index (χ3n) is 4.12. The molecule has 128 valence electrons. The molecule has 0 bridgehead atoms. The van der Waals surface area contributed by atoms with Crippen LogP contribution in [0.15, 0.2) is 17.5 Å². The van der Waals surface area contributed by atoms with E-state index in [0.29, 0.717) is 30.6 Å². The fourth-order valence-corrected chi connectivity index (χ4v) is 3.37. The number of rotatable bonds is 6. The van der Waals surface area contributed by atoms with Crippen LogP contribution >= 0.6 is 11.3 Å². The van der Waals surface area contributed by atoms with Gasteiger partial charge in [-0.25, -0.2) is 0 Å². The second-order valence-electron chi connectivity index (χ2n) is 5.84. The Morgan fingerprint density at radius 2 is 2.00 bits per heavy atom. The van der Waals surface area contributed by atoms with Crippen LogP contribution in [0.3, 0.4) is 0 Å². The summed E-state index contributed by atoms with van der Waals surface area (Å²) in [6, 6.07) is 3.43. The highest BCUT2D eigenvalue weighted by Gasteiger charge is 2.27. The Morgan fingerprint density at radius 3 is 2.57 bits per heavy atom. The normalized spacial score (nSPS) is 18.5. The largest absolute Gasteiger partial charge is 0.383 e. The van der Waals surface area contributed by atoms with Gasteiger partial charge in [0.15, 0.2) is 0 Å². The van der Waals surface area contributed by atoms with Crippen molar-refractivity contribution in [2.45, 2.75) is 25.9 Å². The molecule has 7 heteroatoms. The third-order valence-corrected chi connectivity index (χ3v) is 4.99. The highest BCUT2D eigenvalue weighted by Crippen LogP contribution is 2.10. The number of methoxy groups -OCH3 is 1. The van der Waals surface area contributed by atoms with Gasteiger partial charge in [0.25, 0.3) is 5.91 Å². The minimum absolute atomic E-state index is 0.0195. The lowest BCUT2D eigenvalue weighted by Gasteiger charge is -2.38. The van der Waals surface area contributed by atoms with Gasteiger partial charge in [-0.3, -0.25) is 14.5 Å². The second kappa shape index (κ2) is 8.42. The van der Waals surface area contributed by atoms with Gasteiger partial charge in [0.2, 0.25) is 5.91 Å². The SMILES string of the molecule is COCC(C)N1CCN(C(=O)C(C)NC(=O)c2cccs2)CC1. The molecule has 0 saturated carbocycles. The molecule has 0 radical (unpaired) electrons. The summed E-state index contributed by atoms with van der Waals surface area (Å²) in [5, 5.41) is 4.63. The van der Waals surface area contributed by atoms with Gasteiger partial charge in [-0.1, -0.05) is 6.07 Å². The molecule has 0 aliphatic carbocycles. The van der Waals surface area contributed by atoms with Crippen molar-refractivity contribution in [1.29, 1.82) is 0 Å². The Balaban J connectivity index is 1.81. The van der Waals surface area contributed by atoms with Crippen molar-refractivity contribution in [2.75, 3.05) is 39.9 Å². The summed E-state index contributed by atoms with van der Waals surface area (Å²) in [6.45, 7) is 7.61. The molecule has 2 atom stereocenters. The lowest BCUT2D eigenvalue weighted by Crippen LogP contribution is -2.56. The Hall–Kier alpha value is -1.44. The zero-order chi connectivity index (χ0) is 16.8. The number of hydrogen-bond acceptors (Lipinski definition) is 5. The van der Waals surface area contributed by atoms with E-state index < -0.39 is 6.04 Å². The number of hydrogen-bond donors (Lipinski definition) is 1. The molecule has 1 aliphatic rings. The van der Waals surface area contributed by atoms with Crippen LogP contribution in [0, 0.1) is 0 Å². The number of nitrogens with zero attached hydrogens (tertiary/aromatic N) is 2. The van der Waals surface area contributed by atoms with Gasteiger partial charge < -0.3 is 15.0 Å². The van der Waals surface area contributed by atoms with Gasteiger partial charge in [0.1, 0.15) is 6.04 Å². The molecule has 1 aromatic heterocycles. The number of thiophene rings is 1. The van der Waals surface area contributed by atoms with Crippen LogP contribution < -0.4 is 5.32 Å². The van der Waals surface area contributed by atoms with Crippen LogP contribution in [-0.4, -0.2) is 73.6 Å². The number of nitrogens with one attached hydrogen (secondary N) is 1. The van der Waals surface area contributed by atoms with E-state index in [9.17, 15) is 9.59 Å². The smallest absolute Gasteiger partial charge is 0.261 e. The van der Waals surface area contributed by atoms with Crippen LogP contribution in [0.4, 0.5) is 0 Å². The van der Waals surface area contributed by atoms with E-state index in [0.717, 1.165) is 13.1 Å². The molecule has 1 aliphatic heterocycles. The van der Waals surface area contributed by atoms with Crippen LogP contribution in [0.25, 0.3) is 0 Å². The summed E-state index contributed by atoms with van der Waals surface area (Å²) >= 11 is 1.37. The van der Waals surface area contributed by atoms with Crippen LogP contribution in [0.2, 0.25) is 0 Å². The first-order valence-corrected chi connectivity index (χ1v) is 8.77. The fraction of sp³-hybridized carbons (Fsp3) is 0.625. The molecule has 6 nitrogen and oxygen atoms in total. The molecule has 2 unspecified atom stereocenters.